The Morgan fingerprint density at radius 3 is 2.73 bits per heavy atom. The highest BCUT2D eigenvalue weighted by molar-refractivity contribution is 5.74. The minimum atomic E-state index is -1.12. The molecule has 0 spiro atoms. The van der Waals surface area contributed by atoms with Crippen molar-refractivity contribution in [1.82, 2.24) is 0 Å². The Labute approximate surface area is 84.1 Å². The van der Waals surface area contributed by atoms with Crippen molar-refractivity contribution in [2.24, 2.45) is 0 Å². The molecule has 7 heteroatoms. The molecule has 1 aromatic carbocycles. The van der Waals surface area contributed by atoms with E-state index in [0.29, 0.717) is 0 Å². The summed E-state index contributed by atoms with van der Waals surface area (Å²) in [6.45, 7) is -0.422. The molecule has 3 N–H and O–H groups in total. The van der Waals surface area contributed by atoms with E-state index in [9.17, 15) is 20.0 Å². The zero-order valence-corrected chi connectivity index (χ0v) is 7.51. The number of phenols is 1. The van der Waals surface area contributed by atoms with Gasteiger partial charge in [0.2, 0.25) is 0 Å². The molecular formula is C8H8N2O5. The number of aliphatic carboxylic acids is 1. The molecule has 0 aliphatic heterocycles. The molecule has 0 unspecified atom stereocenters. The van der Waals surface area contributed by atoms with E-state index in [2.05, 4.69) is 5.32 Å². The van der Waals surface area contributed by atoms with Crippen molar-refractivity contribution in [2.75, 3.05) is 11.9 Å². The average Bonchev–Trinajstić information content (AvgIpc) is 2.16. The van der Waals surface area contributed by atoms with Gasteiger partial charge < -0.3 is 15.5 Å². The van der Waals surface area contributed by atoms with Gasteiger partial charge in [-0.25, -0.2) is 0 Å². The van der Waals surface area contributed by atoms with Gasteiger partial charge in [-0.15, -0.1) is 0 Å². The number of hydrogen-bond donors (Lipinski definition) is 3. The number of phenolic OH excluding ortho intramolecular Hbond substituents is 1. The number of hydrogen-bond acceptors (Lipinski definition) is 5. The number of carboxylic acid groups (broad SMARTS) is 1. The summed E-state index contributed by atoms with van der Waals surface area (Å²) in [5.41, 5.74) is -0.202. The van der Waals surface area contributed by atoms with Crippen LogP contribution in [0.5, 0.6) is 5.75 Å². The summed E-state index contributed by atoms with van der Waals surface area (Å²) in [7, 11) is 0. The third-order valence-electron chi connectivity index (χ3n) is 1.62. The monoisotopic (exact) mass is 212 g/mol. The number of anilines is 1. The van der Waals surface area contributed by atoms with Gasteiger partial charge in [0.1, 0.15) is 12.3 Å². The highest BCUT2D eigenvalue weighted by atomic mass is 16.6. The van der Waals surface area contributed by atoms with Crippen LogP contribution in [0.2, 0.25) is 0 Å². The number of non-ortho nitro benzene ring substituents is 1. The van der Waals surface area contributed by atoms with E-state index in [-0.39, 0.29) is 17.1 Å². The Morgan fingerprint density at radius 1 is 1.53 bits per heavy atom. The molecule has 0 aromatic heterocycles. The molecule has 0 radical (unpaired) electrons. The van der Waals surface area contributed by atoms with E-state index in [1.165, 1.54) is 0 Å². The Kier molecular flexibility index (Phi) is 3.06. The number of rotatable bonds is 4. The summed E-state index contributed by atoms with van der Waals surface area (Å²) in [6, 6.07) is 3.32. The largest absolute Gasteiger partial charge is 0.506 e. The molecule has 0 amide bonds. The van der Waals surface area contributed by atoms with Crippen LogP contribution < -0.4 is 5.32 Å². The molecule has 0 atom stereocenters. The highest BCUT2D eigenvalue weighted by Crippen LogP contribution is 2.27. The third-order valence-corrected chi connectivity index (χ3v) is 1.62. The molecule has 7 nitrogen and oxygen atoms in total. The SMILES string of the molecule is O=C(O)CNc1cc([N+](=O)[O-])ccc1O. The van der Waals surface area contributed by atoms with E-state index in [1.807, 2.05) is 0 Å². The van der Waals surface area contributed by atoms with E-state index in [0.717, 1.165) is 18.2 Å². The van der Waals surface area contributed by atoms with Gasteiger partial charge in [-0.2, -0.15) is 0 Å². The zero-order chi connectivity index (χ0) is 11.4. The highest BCUT2D eigenvalue weighted by Gasteiger charge is 2.10. The standard InChI is InChI=1S/C8H8N2O5/c11-7-2-1-5(10(14)15)3-6(7)9-4-8(12)13/h1-3,9,11H,4H2,(H,12,13). The lowest BCUT2D eigenvalue weighted by Gasteiger charge is -2.05. The third kappa shape index (κ3) is 2.83. The lowest BCUT2D eigenvalue weighted by atomic mass is 10.2. The van der Waals surface area contributed by atoms with E-state index in [4.69, 9.17) is 5.11 Å². The van der Waals surface area contributed by atoms with Gasteiger partial charge in [-0.1, -0.05) is 0 Å². The van der Waals surface area contributed by atoms with Gasteiger partial charge in [0.25, 0.3) is 5.69 Å². The van der Waals surface area contributed by atoms with Crippen LogP contribution in [0.25, 0.3) is 0 Å². The first-order valence-corrected chi connectivity index (χ1v) is 3.94. The van der Waals surface area contributed by atoms with Crippen LogP contribution >= 0.6 is 0 Å². The fourth-order valence-corrected chi connectivity index (χ4v) is 0.950. The number of nitrogens with zero attached hydrogens (tertiary/aromatic N) is 1. The van der Waals surface area contributed by atoms with Gasteiger partial charge in [0, 0.05) is 12.1 Å². The van der Waals surface area contributed by atoms with Crippen LogP contribution in [0.4, 0.5) is 11.4 Å². The maximum absolute atomic E-state index is 10.4. The summed E-state index contributed by atoms with van der Waals surface area (Å²) in [4.78, 5) is 20.0. The normalized spacial score (nSPS) is 9.60. The van der Waals surface area contributed by atoms with Crippen LogP contribution in [-0.4, -0.2) is 27.7 Å². The molecular weight excluding hydrogens is 204 g/mol. The molecule has 0 aliphatic rings. The van der Waals surface area contributed by atoms with Gasteiger partial charge in [0.15, 0.2) is 0 Å². The summed E-state index contributed by atoms with van der Waals surface area (Å²) >= 11 is 0. The van der Waals surface area contributed by atoms with E-state index in [1.54, 1.807) is 0 Å². The number of benzene rings is 1. The number of carbonyl (C=O) groups is 1. The zero-order valence-electron chi connectivity index (χ0n) is 7.51. The number of aromatic hydroxyl groups is 1. The van der Waals surface area contributed by atoms with Crippen LogP contribution in [0.3, 0.4) is 0 Å². The first kappa shape index (κ1) is 10.8. The van der Waals surface area contributed by atoms with Crippen molar-refractivity contribution in [2.45, 2.75) is 0 Å². The van der Waals surface area contributed by atoms with Crippen molar-refractivity contribution in [1.29, 1.82) is 0 Å². The molecule has 1 aromatic rings. The lowest BCUT2D eigenvalue weighted by Crippen LogP contribution is -2.12. The number of nitro benzene ring substituents is 1. The van der Waals surface area contributed by atoms with Crippen molar-refractivity contribution in [3.8, 4) is 5.75 Å². The second kappa shape index (κ2) is 4.27. The molecule has 80 valence electrons. The Hall–Kier alpha value is -2.31. The predicted molar refractivity (Wildman–Crippen MR) is 50.9 cm³/mol. The van der Waals surface area contributed by atoms with Crippen molar-refractivity contribution >= 4 is 17.3 Å². The first-order chi connectivity index (χ1) is 7.00. The number of carboxylic acids is 1. The predicted octanol–water partition coefficient (Wildman–Crippen LogP) is 0.797. The minimum Gasteiger partial charge on any atom is -0.506 e. The second-order valence-electron chi connectivity index (χ2n) is 2.71. The molecule has 0 bridgehead atoms. The Morgan fingerprint density at radius 2 is 2.20 bits per heavy atom. The molecule has 0 saturated heterocycles. The van der Waals surface area contributed by atoms with Crippen molar-refractivity contribution in [3.05, 3.63) is 28.3 Å². The summed E-state index contributed by atoms with van der Waals surface area (Å²) in [5, 5.41) is 30.4. The fraction of sp³-hybridized carbons (Fsp3) is 0.125. The van der Waals surface area contributed by atoms with Crippen LogP contribution in [0.15, 0.2) is 18.2 Å². The van der Waals surface area contributed by atoms with Gasteiger partial charge >= 0.3 is 5.97 Å². The molecule has 0 saturated carbocycles. The molecule has 15 heavy (non-hydrogen) atoms. The Bertz CT molecular complexity index is 404. The van der Waals surface area contributed by atoms with Crippen LogP contribution in [0, 0.1) is 10.1 Å². The minimum absolute atomic E-state index is 0.0200. The average molecular weight is 212 g/mol. The molecule has 1 rings (SSSR count). The van der Waals surface area contributed by atoms with Gasteiger partial charge in [0.05, 0.1) is 10.6 Å². The summed E-state index contributed by atoms with van der Waals surface area (Å²) in [5.74, 6) is -1.36. The molecule has 0 aliphatic carbocycles. The molecule has 0 heterocycles. The van der Waals surface area contributed by atoms with Crippen molar-refractivity contribution in [3.63, 3.8) is 0 Å². The molecule has 0 fully saturated rings. The fourth-order valence-electron chi connectivity index (χ4n) is 0.950. The lowest BCUT2D eigenvalue weighted by molar-refractivity contribution is -0.384. The van der Waals surface area contributed by atoms with Gasteiger partial charge in [-0.3, -0.25) is 14.9 Å². The quantitative estimate of drug-likeness (QED) is 0.386. The van der Waals surface area contributed by atoms with Crippen LogP contribution in [0.1, 0.15) is 0 Å². The van der Waals surface area contributed by atoms with Crippen LogP contribution in [-0.2, 0) is 4.79 Å². The maximum Gasteiger partial charge on any atom is 0.322 e. The van der Waals surface area contributed by atoms with Gasteiger partial charge in [-0.05, 0) is 6.07 Å². The first-order valence-electron chi connectivity index (χ1n) is 3.94. The Balaban J connectivity index is 2.90. The maximum atomic E-state index is 10.4. The van der Waals surface area contributed by atoms with E-state index >= 15 is 0 Å². The second-order valence-corrected chi connectivity index (χ2v) is 2.71. The number of nitrogens with one attached hydrogen (secondary N) is 1. The van der Waals surface area contributed by atoms with Crippen molar-refractivity contribution < 1.29 is 19.9 Å². The smallest absolute Gasteiger partial charge is 0.322 e. The number of nitro groups is 1. The van der Waals surface area contributed by atoms with E-state index < -0.39 is 17.4 Å². The summed E-state index contributed by atoms with van der Waals surface area (Å²) < 4.78 is 0. The topological polar surface area (TPSA) is 113 Å². The summed E-state index contributed by atoms with van der Waals surface area (Å²) in [6.07, 6.45) is 0.